The molecule has 2 aromatic rings. The van der Waals surface area contributed by atoms with Gasteiger partial charge in [0, 0.05) is 11.1 Å². The largest absolute Gasteiger partial charge is 0.487 e. The minimum absolute atomic E-state index is 0.376. The van der Waals surface area contributed by atoms with Gasteiger partial charge < -0.3 is 9.84 Å². The number of aliphatic carboxylic acids is 1. The summed E-state index contributed by atoms with van der Waals surface area (Å²) in [7, 11) is 0. The zero-order chi connectivity index (χ0) is 15.2. The molecule has 0 unspecified atom stereocenters. The molecule has 2 aromatic carbocycles. The molecule has 5 heteroatoms. The number of hydrogen-bond donors (Lipinski definition) is 1. The Hall–Kier alpha value is -1.97. The average molecular weight is 323 g/mol. The summed E-state index contributed by atoms with van der Waals surface area (Å²) in [6.45, 7) is 0.376. The van der Waals surface area contributed by atoms with Crippen LogP contribution in [0.15, 0.2) is 48.5 Å². The van der Waals surface area contributed by atoms with Crippen LogP contribution in [0, 0.1) is 0 Å². The fourth-order valence-corrected chi connectivity index (χ4v) is 2.02. The molecule has 0 aromatic heterocycles. The first kappa shape index (κ1) is 15.4. The van der Waals surface area contributed by atoms with E-state index in [4.69, 9.17) is 33.0 Å². The second-order valence-electron chi connectivity index (χ2n) is 4.28. The van der Waals surface area contributed by atoms with E-state index in [0.29, 0.717) is 28.0 Å². The topological polar surface area (TPSA) is 46.5 Å². The lowest BCUT2D eigenvalue weighted by atomic mass is 10.2. The molecule has 0 spiro atoms. The van der Waals surface area contributed by atoms with Crippen molar-refractivity contribution in [3.8, 4) is 5.75 Å². The molecule has 0 amide bonds. The van der Waals surface area contributed by atoms with Gasteiger partial charge in [0.25, 0.3) is 0 Å². The average Bonchev–Trinajstić information content (AvgIpc) is 2.46. The lowest BCUT2D eigenvalue weighted by Crippen LogP contribution is -1.96. The van der Waals surface area contributed by atoms with Crippen molar-refractivity contribution in [2.75, 3.05) is 0 Å². The molecule has 0 heterocycles. The molecule has 108 valence electrons. The van der Waals surface area contributed by atoms with Crippen LogP contribution < -0.4 is 4.74 Å². The van der Waals surface area contributed by atoms with E-state index in [9.17, 15) is 4.79 Å². The monoisotopic (exact) mass is 322 g/mol. The van der Waals surface area contributed by atoms with Gasteiger partial charge in [0.15, 0.2) is 0 Å². The molecule has 0 aliphatic rings. The van der Waals surface area contributed by atoms with E-state index in [1.165, 1.54) is 6.08 Å². The van der Waals surface area contributed by atoms with Crippen LogP contribution in [0.4, 0.5) is 0 Å². The van der Waals surface area contributed by atoms with E-state index < -0.39 is 5.97 Å². The Balaban J connectivity index is 2.04. The first-order valence-corrected chi connectivity index (χ1v) is 6.88. The Morgan fingerprint density at radius 1 is 1.14 bits per heavy atom. The molecule has 0 radical (unpaired) electrons. The Morgan fingerprint density at radius 3 is 2.48 bits per heavy atom. The van der Waals surface area contributed by atoms with Gasteiger partial charge in [0.05, 0.1) is 5.02 Å². The Bertz CT molecular complexity index is 664. The molecule has 0 saturated carbocycles. The van der Waals surface area contributed by atoms with Crippen molar-refractivity contribution in [3.05, 3.63) is 69.7 Å². The number of rotatable bonds is 5. The number of halogens is 2. The van der Waals surface area contributed by atoms with Crippen LogP contribution in [0.5, 0.6) is 5.75 Å². The van der Waals surface area contributed by atoms with Gasteiger partial charge >= 0.3 is 5.97 Å². The molecule has 0 bridgehead atoms. The van der Waals surface area contributed by atoms with Gasteiger partial charge in [-0.1, -0.05) is 41.4 Å². The van der Waals surface area contributed by atoms with E-state index in [1.54, 1.807) is 30.3 Å². The first-order valence-electron chi connectivity index (χ1n) is 6.12. The number of ether oxygens (including phenoxy) is 1. The first-order chi connectivity index (χ1) is 10.0. The minimum atomic E-state index is -1.01. The number of benzene rings is 2. The summed E-state index contributed by atoms with van der Waals surface area (Å²) in [5.41, 5.74) is 1.67. The second kappa shape index (κ2) is 7.16. The van der Waals surface area contributed by atoms with Crippen LogP contribution in [0.3, 0.4) is 0 Å². The van der Waals surface area contributed by atoms with Gasteiger partial charge in [0.1, 0.15) is 12.4 Å². The van der Waals surface area contributed by atoms with Crippen LogP contribution in [0.1, 0.15) is 11.1 Å². The molecule has 0 atom stereocenters. The van der Waals surface area contributed by atoms with Crippen molar-refractivity contribution in [2.45, 2.75) is 6.61 Å². The Kier molecular flexibility index (Phi) is 5.26. The zero-order valence-electron chi connectivity index (χ0n) is 10.9. The van der Waals surface area contributed by atoms with Gasteiger partial charge in [-0.3, -0.25) is 0 Å². The smallest absolute Gasteiger partial charge is 0.328 e. The van der Waals surface area contributed by atoms with Gasteiger partial charge in [-0.15, -0.1) is 0 Å². The fourth-order valence-electron chi connectivity index (χ4n) is 1.65. The van der Waals surface area contributed by atoms with Gasteiger partial charge in [0.2, 0.25) is 0 Å². The van der Waals surface area contributed by atoms with Gasteiger partial charge in [-0.25, -0.2) is 4.79 Å². The summed E-state index contributed by atoms with van der Waals surface area (Å²) in [4.78, 5) is 10.5. The van der Waals surface area contributed by atoms with Crippen molar-refractivity contribution in [2.24, 2.45) is 0 Å². The van der Waals surface area contributed by atoms with Crippen LogP contribution in [0.2, 0.25) is 10.0 Å². The molecule has 21 heavy (non-hydrogen) atoms. The van der Waals surface area contributed by atoms with Crippen LogP contribution in [0.25, 0.3) is 6.08 Å². The highest BCUT2D eigenvalue weighted by Crippen LogP contribution is 2.27. The molecule has 0 aliphatic carbocycles. The predicted octanol–water partition coefficient (Wildman–Crippen LogP) is 4.67. The highest BCUT2D eigenvalue weighted by Gasteiger charge is 2.03. The van der Waals surface area contributed by atoms with Crippen molar-refractivity contribution in [1.82, 2.24) is 0 Å². The fraction of sp³-hybridized carbons (Fsp3) is 0.0625. The molecular formula is C16H12Cl2O3. The number of carbonyl (C=O) groups is 1. The molecule has 0 fully saturated rings. The maximum absolute atomic E-state index is 10.5. The Labute approximate surface area is 132 Å². The van der Waals surface area contributed by atoms with Crippen molar-refractivity contribution in [3.63, 3.8) is 0 Å². The van der Waals surface area contributed by atoms with Gasteiger partial charge in [-0.05, 0) is 41.5 Å². The van der Waals surface area contributed by atoms with Crippen molar-refractivity contribution < 1.29 is 14.6 Å². The summed E-state index contributed by atoms with van der Waals surface area (Å²) in [6, 6.07) is 12.4. The van der Waals surface area contributed by atoms with E-state index in [1.807, 2.05) is 12.1 Å². The number of hydrogen-bond acceptors (Lipinski definition) is 2. The molecule has 3 nitrogen and oxygen atoms in total. The third kappa shape index (κ3) is 4.81. The predicted molar refractivity (Wildman–Crippen MR) is 83.9 cm³/mol. The van der Waals surface area contributed by atoms with Gasteiger partial charge in [-0.2, -0.15) is 0 Å². The second-order valence-corrected chi connectivity index (χ2v) is 5.12. The van der Waals surface area contributed by atoms with Crippen LogP contribution in [-0.4, -0.2) is 11.1 Å². The van der Waals surface area contributed by atoms with E-state index >= 15 is 0 Å². The quantitative estimate of drug-likeness (QED) is 0.813. The zero-order valence-corrected chi connectivity index (χ0v) is 12.4. The summed E-state index contributed by atoms with van der Waals surface area (Å²) in [6.07, 6.45) is 2.52. The molecule has 1 N–H and O–H groups in total. The van der Waals surface area contributed by atoms with Crippen LogP contribution in [-0.2, 0) is 11.4 Å². The molecule has 2 rings (SSSR count). The normalized spacial score (nSPS) is 10.8. The van der Waals surface area contributed by atoms with E-state index in [0.717, 1.165) is 11.6 Å². The number of carboxylic acids is 1. The van der Waals surface area contributed by atoms with Crippen molar-refractivity contribution in [1.29, 1.82) is 0 Å². The lowest BCUT2D eigenvalue weighted by Gasteiger charge is -2.08. The minimum Gasteiger partial charge on any atom is -0.487 e. The maximum atomic E-state index is 10.5. The standard InChI is InChI=1S/C16H12Cl2O3/c17-13-5-1-12(2-6-13)10-21-15-7-3-11(9-14(15)18)4-8-16(19)20/h1-9H,10H2,(H,19,20)/b8-4+. The van der Waals surface area contributed by atoms with Crippen LogP contribution >= 0.6 is 23.2 Å². The lowest BCUT2D eigenvalue weighted by molar-refractivity contribution is -0.131. The summed E-state index contributed by atoms with van der Waals surface area (Å²) >= 11 is 11.9. The number of carboxylic acid groups (broad SMARTS) is 1. The highest BCUT2D eigenvalue weighted by molar-refractivity contribution is 6.32. The summed E-state index contributed by atoms with van der Waals surface area (Å²) in [5, 5.41) is 9.67. The highest BCUT2D eigenvalue weighted by atomic mass is 35.5. The van der Waals surface area contributed by atoms with E-state index in [-0.39, 0.29) is 0 Å². The SMILES string of the molecule is O=C(O)/C=C/c1ccc(OCc2ccc(Cl)cc2)c(Cl)c1. The molecular weight excluding hydrogens is 311 g/mol. The Morgan fingerprint density at radius 2 is 1.86 bits per heavy atom. The summed E-state index contributed by atoms with van der Waals surface area (Å²) < 4.78 is 5.63. The molecule has 0 aliphatic heterocycles. The molecule has 0 saturated heterocycles. The third-order valence-electron chi connectivity index (χ3n) is 2.68. The maximum Gasteiger partial charge on any atom is 0.328 e. The van der Waals surface area contributed by atoms with Crippen molar-refractivity contribution >= 4 is 35.2 Å². The third-order valence-corrected chi connectivity index (χ3v) is 3.23. The summed E-state index contributed by atoms with van der Waals surface area (Å²) in [5.74, 6) is -0.465. The van der Waals surface area contributed by atoms with E-state index in [2.05, 4.69) is 0 Å².